The standard InChI is InChI=1S/C28H30FN3O2S/c1-18(2)16-32-27(34)23-7-5-6-8-25(23)30-28(32)35-17-26(33)24-15-19(3)31(20(24)4)14-13-21-9-11-22(29)12-10-21/h5-12,15,18H,13-14,16-17H2,1-4H3. The Balaban J connectivity index is 1.53. The molecule has 0 radical (unpaired) electrons. The zero-order chi connectivity index (χ0) is 25.1. The Morgan fingerprint density at radius 2 is 1.77 bits per heavy atom. The van der Waals surface area contributed by atoms with E-state index >= 15 is 0 Å². The second-order valence-electron chi connectivity index (χ2n) is 9.25. The van der Waals surface area contributed by atoms with Crippen LogP contribution in [0.1, 0.15) is 41.2 Å². The fraction of sp³-hybridized carbons (Fsp3) is 0.321. The number of rotatable bonds is 9. The number of hydrogen-bond acceptors (Lipinski definition) is 4. The van der Waals surface area contributed by atoms with Crippen LogP contribution in [0.2, 0.25) is 0 Å². The van der Waals surface area contributed by atoms with Crippen LogP contribution in [0.15, 0.2) is 64.5 Å². The maximum atomic E-state index is 13.2. The van der Waals surface area contributed by atoms with E-state index in [9.17, 15) is 14.0 Å². The molecule has 5 nitrogen and oxygen atoms in total. The normalized spacial score (nSPS) is 11.5. The van der Waals surface area contributed by atoms with Gasteiger partial charge in [0.1, 0.15) is 5.82 Å². The second-order valence-corrected chi connectivity index (χ2v) is 10.2. The molecule has 0 saturated heterocycles. The van der Waals surface area contributed by atoms with E-state index in [2.05, 4.69) is 18.4 Å². The van der Waals surface area contributed by atoms with E-state index < -0.39 is 0 Å². The number of nitrogens with zero attached hydrogens (tertiary/aromatic N) is 3. The number of carbonyl (C=O) groups is 1. The highest BCUT2D eigenvalue weighted by atomic mass is 32.2. The van der Waals surface area contributed by atoms with E-state index in [1.54, 1.807) is 22.8 Å². The van der Waals surface area contributed by atoms with Crippen LogP contribution < -0.4 is 5.56 Å². The number of halogens is 1. The number of carbonyl (C=O) groups excluding carboxylic acids is 1. The third kappa shape index (κ3) is 5.56. The summed E-state index contributed by atoms with van der Waals surface area (Å²) in [5, 5.41) is 1.16. The van der Waals surface area contributed by atoms with Crippen molar-refractivity contribution < 1.29 is 9.18 Å². The van der Waals surface area contributed by atoms with Gasteiger partial charge < -0.3 is 4.57 Å². The molecule has 0 aliphatic carbocycles. The van der Waals surface area contributed by atoms with Gasteiger partial charge in [0.25, 0.3) is 5.56 Å². The van der Waals surface area contributed by atoms with Crippen LogP contribution in [0, 0.1) is 25.6 Å². The van der Waals surface area contributed by atoms with E-state index in [1.807, 2.05) is 38.1 Å². The first-order valence-corrected chi connectivity index (χ1v) is 12.8. The molecule has 0 fully saturated rings. The number of ketones is 1. The number of aryl methyl sites for hydroxylation is 2. The Labute approximate surface area is 209 Å². The van der Waals surface area contributed by atoms with Crippen molar-refractivity contribution in [3.63, 3.8) is 0 Å². The van der Waals surface area contributed by atoms with Gasteiger partial charge in [-0.25, -0.2) is 9.37 Å². The van der Waals surface area contributed by atoms with Crippen LogP contribution in [-0.2, 0) is 19.5 Å². The number of thioether (sulfide) groups is 1. The number of aromatic nitrogens is 3. The molecule has 0 bridgehead atoms. The van der Waals surface area contributed by atoms with Gasteiger partial charge in [-0.1, -0.05) is 49.9 Å². The molecule has 0 spiro atoms. The van der Waals surface area contributed by atoms with Crippen LogP contribution in [0.4, 0.5) is 4.39 Å². The summed E-state index contributed by atoms with van der Waals surface area (Å²) in [6, 6.07) is 15.8. The fourth-order valence-corrected chi connectivity index (χ4v) is 5.20. The van der Waals surface area contributed by atoms with Crippen LogP contribution in [0.3, 0.4) is 0 Å². The van der Waals surface area contributed by atoms with Crippen molar-refractivity contribution in [2.24, 2.45) is 5.92 Å². The molecule has 4 rings (SSSR count). The summed E-state index contributed by atoms with van der Waals surface area (Å²) in [4.78, 5) is 31.0. The summed E-state index contributed by atoms with van der Waals surface area (Å²) in [6.45, 7) is 9.32. The molecule has 0 N–H and O–H groups in total. The van der Waals surface area contributed by atoms with Gasteiger partial charge in [0.2, 0.25) is 0 Å². The molecule has 2 aromatic carbocycles. The Bertz CT molecular complexity index is 1420. The summed E-state index contributed by atoms with van der Waals surface area (Å²) in [5.74, 6) is 0.234. The zero-order valence-electron chi connectivity index (χ0n) is 20.5. The number of para-hydroxylation sites is 1. The van der Waals surface area contributed by atoms with Crippen molar-refractivity contribution in [2.45, 2.75) is 52.4 Å². The largest absolute Gasteiger partial charge is 0.348 e. The van der Waals surface area contributed by atoms with Gasteiger partial charge in [0.05, 0.1) is 16.7 Å². The number of benzene rings is 2. The number of hydrogen-bond donors (Lipinski definition) is 0. The van der Waals surface area contributed by atoms with E-state index in [4.69, 9.17) is 4.98 Å². The molecule has 4 aromatic rings. The highest BCUT2D eigenvalue weighted by molar-refractivity contribution is 7.99. The number of Topliss-reactive ketones (excluding diaryl/α,β-unsaturated/α-hetero) is 1. The monoisotopic (exact) mass is 491 g/mol. The second kappa shape index (κ2) is 10.6. The van der Waals surface area contributed by atoms with Gasteiger partial charge in [-0.05, 0) is 62.1 Å². The van der Waals surface area contributed by atoms with E-state index in [0.29, 0.717) is 34.7 Å². The average Bonchev–Trinajstić information content (AvgIpc) is 3.12. The topological polar surface area (TPSA) is 56.9 Å². The Kier molecular flexibility index (Phi) is 7.55. The summed E-state index contributed by atoms with van der Waals surface area (Å²) < 4.78 is 17.0. The van der Waals surface area contributed by atoms with Crippen LogP contribution in [0.5, 0.6) is 0 Å². The lowest BCUT2D eigenvalue weighted by molar-refractivity contribution is 0.102. The number of fused-ring (bicyclic) bond motifs is 1. The Morgan fingerprint density at radius 1 is 1.06 bits per heavy atom. The lowest BCUT2D eigenvalue weighted by Gasteiger charge is -2.14. The average molecular weight is 492 g/mol. The maximum absolute atomic E-state index is 13.2. The minimum atomic E-state index is -0.243. The van der Waals surface area contributed by atoms with Crippen molar-refractivity contribution in [1.29, 1.82) is 0 Å². The molecule has 2 aromatic heterocycles. The van der Waals surface area contributed by atoms with E-state index in [-0.39, 0.29) is 28.8 Å². The molecule has 7 heteroatoms. The van der Waals surface area contributed by atoms with Gasteiger partial charge in [0, 0.05) is 30.0 Å². The minimum Gasteiger partial charge on any atom is -0.348 e. The predicted molar refractivity (Wildman–Crippen MR) is 140 cm³/mol. The van der Waals surface area contributed by atoms with Gasteiger partial charge >= 0.3 is 0 Å². The fourth-order valence-electron chi connectivity index (χ4n) is 4.31. The first-order valence-electron chi connectivity index (χ1n) is 11.8. The third-order valence-electron chi connectivity index (χ3n) is 6.12. The Morgan fingerprint density at radius 3 is 2.49 bits per heavy atom. The first kappa shape index (κ1) is 24.9. The first-order chi connectivity index (χ1) is 16.7. The van der Waals surface area contributed by atoms with Gasteiger partial charge in [-0.15, -0.1) is 0 Å². The smallest absolute Gasteiger partial charge is 0.262 e. The molecule has 0 saturated carbocycles. The van der Waals surface area contributed by atoms with Crippen molar-refractivity contribution in [2.75, 3.05) is 5.75 Å². The molecular formula is C28H30FN3O2S. The lowest BCUT2D eigenvalue weighted by Crippen LogP contribution is -2.25. The summed E-state index contributed by atoms with van der Waals surface area (Å²) in [5.41, 5.74) is 4.24. The SMILES string of the molecule is Cc1cc(C(=O)CSc2nc3ccccc3c(=O)n2CC(C)C)c(C)n1CCc1ccc(F)cc1. The summed E-state index contributed by atoms with van der Waals surface area (Å²) in [6.07, 6.45) is 0.751. The molecule has 2 heterocycles. The quantitative estimate of drug-likeness (QED) is 0.168. The predicted octanol–water partition coefficient (Wildman–Crippen LogP) is 5.83. The zero-order valence-corrected chi connectivity index (χ0v) is 21.4. The summed E-state index contributed by atoms with van der Waals surface area (Å²) in [7, 11) is 0. The lowest BCUT2D eigenvalue weighted by atomic mass is 10.1. The summed E-state index contributed by atoms with van der Waals surface area (Å²) >= 11 is 1.31. The van der Waals surface area contributed by atoms with Crippen molar-refractivity contribution >= 4 is 28.4 Å². The van der Waals surface area contributed by atoms with Crippen molar-refractivity contribution in [3.05, 3.63) is 93.3 Å². The molecule has 0 atom stereocenters. The highest BCUT2D eigenvalue weighted by Gasteiger charge is 2.18. The van der Waals surface area contributed by atoms with E-state index in [0.717, 1.165) is 23.4 Å². The molecular weight excluding hydrogens is 461 g/mol. The molecule has 0 amide bonds. The minimum absolute atomic E-state index is 0.00892. The Hall–Kier alpha value is -3.19. The van der Waals surface area contributed by atoms with Gasteiger partial charge in [0.15, 0.2) is 10.9 Å². The highest BCUT2D eigenvalue weighted by Crippen LogP contribution is 2.23. The van der Waals surface area contributed by atoms with Crippen LogP contribution in [-0.4, -0.2) is 25.7 Å². The van der Waals surface area contributed by atoms with Crippen LogP contribution in [0.25, 0.3) is 10.9 Å². The van der Waals surface area contributed by atoms with Crippen LogP contribution >= 0.6 is 11.8 Å². The van der Waals surface area contributed by atoms with Crippen molar-refractivity contribution in [1.82, 2.24) is 14.1 Å². The molecule has 0 aliphatic heterocycles. The molecule has 0 aliphatic rings. The molecule has 0 unspecified atom stereocenters. The van der Waals surface area contributed by atoms with Gasteiger partial charge in [-0.2, -0.15) is 0 Å². The third-order valence-corrected chi connectivity index (χ3v) is 7.09. The van der Waals surface area contributed by atoms with E-state index in [1.165, 1.54) is 23.9 Å². The molecule has 35 heavy (non-hydrogen) atoms. The molecule has 182 valence electrons. The van der Waals surface area contributed by atoms with Gasteiger partial charge in [-0.3, -0.25) is 14.2 Å². The van der Waals surface area contributed by atoms with Crippen molar-refractivity contribution in [3.8, 4) is 0 Å². The maximum Gasteiger partial charge on any atom is 0.262 e.